The van der Waals surface area contributed by atoms with Crippen molar-refractivity contribution in [2.24, 2.45) is 0 Å². The zero-order valence-electron chi connectivity index (χ0n) is 13.7. The molecule has 0 saturated heterocycles. The van der Waals surface area contributed by atoms with E-state index in [-0.39, 0.29) is 5.69 Å². The summed E-state index contributed by atoms with van der Waals surface area (Å²) in [5, 5.41) is 11.0. The van der Waals surface area contributed by atoms with Gasteiger partial charge in [-0.25, -0.2) is 4.68 Å². The van der Waals surface area contributed by atoms with Gasteiger partial charge < -0.3 is 14.8 Å². The van der Waals surface area contributed by atoms with Gasteiger partial charge in [0, 0.05) is 12.1 Å². The predicted molar refractivity (Wildman–Crippen MR) is 96.0 cm³/mol. The number of carbonyl (C=O) groups is 1. The first kappa shape index (κ1) is 16.4. The summed E-state index contributed by atoms with van der Waals surface area (Å²) in [6, 6.07) is 13.1. The van der Waals surface area contributed by atoms with Gasteiger partial charge in [-0.05, 0) is 5.56 Å². The van der Waals surface area contributed by atoms with E-state index in [4.69, 9.17) is 21.1 Å². The molecule has 8 heteroatoms. The van der Waals surface area contributed by atoms with Crippen molar-refractivity contribution in [3.05, 3.63) is 64.9 Å². The number of hydrogen-bond acceptors (Lipinski definition) is 5. The molecule has 7 nitrogen and oxygen atoms in total. The van der Waals surface area contributed by atoms with Gasteiger partial charge in [-0.2, -0.15) is 0 Å². The molecule has 0 aliphatic carbocycles. The summed E-state index contributed by atoms with van der Waals surface area (Å²) in [6.07, 6.45) is 1.59. The SMILES string of the molecule is O=C(Nc1cc2c(cc1Cl)OCCO2)c1cn(Cc2ccccc2)nn1. The minimum absolute atomic E-state index is 0.201. The molecule has 1 aromatic heterocycles. The van der Waals surface area contributed by atoms with Crippen LogP contribution in [-0.2, 0) is 6.54 Å². The zero-order chi connectivity index (χ0) is 17.9. The van der Waals surface area contributed by atoms with Crippen LogP contribution in [0.25, 0.3) is 0 Å². The summed E-state index contributed by atoms with van der Waals surface area (Å²) in [5.41, 5.74) is 1.70. The second-order valence-electron chi connectivity index (χ2n) is 5.72. The number of fused-ring (bicyclic) bond motifs is 1. The van der Waals surface area contributed by atoms with Gasteiger partial charge >= 0.3 is 0 Å². The smallest absolute Gasteiger partial charge is 0.277 e. The van der Waals surface area contributed by atoms with Crippen LogP contribution in [0.5, 0.6) is 11.5 Å². The first-order valence-corrected chi connectivity index (χ1v) is 8.41. The maximum absolute atomic E-state index is 12.4. The number of rotatable bonds is 4. The highest BCUT2D eigenvalue weighted by Crippen LogP contribution is 2.38. The van der Waals surface area contributed by atoms with Crippen LogP contribution in [0.4, 0.5) is 5.69 Å². The second-order valence-corrected chi connectivity index (χ2v) is 6.12. The molecule has 0 fully saturated rings. The lowest BCUT2D eigenvalue weighted by molar-refractivity contribution is 0.102. The van der Waals surface area contributed by atoms with Crippen LogP contribution in [0.2, 0.25) is 5.02 Å². The van der Waals surface area contributed by atoms with Gasteiger partial charge in [0.05, 0.1) is 23.5 Å². The summed E-state index contributed by atoms with van der Waals surface area (Å²) < 4.78 is 12.6. The summed E-state index contributed by atoms with van der Waals surface area (Å²) in [7, 11) is 0. The normalized spacial score (nSPS) is 12.7. The van der Waals surface area contributed by atoms with Crippen molar-refractivity contribution in [2.75, 3.05) is 18.5 Å². The molecule has 0 radical (unpaired) electrons. The van der Waals surface area contributed by atoms with Crippen LogP contribution >= 0.6 is 11.6 Å². The van der Waals surface area contributed by atoms with Crippen LogP contribution in [0.3, 0.4) is 0 Å². The molecule has 1 amide bonds. The minimum atomic E-state index is -0.400. The van der Waals surface area contributed by atoms with Gasteiger partial charge in [0.25, 0.3) is 5.91 Å². The van der Waals surface area contributed by atoms with Crippen molar-refractivity contribution >= 4 is 23.2 Å². The third kappa shape index (κ3) is 3.48. The van der Waals surface area contributed by atoms with E-state index in [1.54, 1.807) is 23.0 Å². The van der Waals surface area contributed by atoms with Gasteiger partial charge in [-0.1, -0.05) is 47.1 Å². The maximum atomic E-state index is 12.4. The number of amides is 1. The summed E-state index contributed by atoms with van der Waals surface area (Å²) >= 11 is 6.21. The fraction of sp³-hybridized carbons (Fsp3) is 0.167. The van der Waals surface area contributed by atoms with Gasteiger partial charge in [0.15, 0.2) is 17.2 Å². The number of nitrogens with zero attached hydrogens (tertiary/aromatic N) is 3. The molecular formula is C18H15ClN4O3. The Morgan fingerprint density at radius 3 is 2.65 bits per heavy atom. The number of halogens is 1. The van der Waals surface area contributed by atoms with E-state index in [1.807, 2.05) is 30.3 Å². The van der Waals surface area contributed by atoms with Gasteiger partial charge in [-0.3, -0.25) is 4.79 Å². The molecule has 3 aromatic rings. The number of anilines is 1. The average Bonchev–Trinajstić information content (AvgIpc) is 3.12. The molecule has 1 aliphatic heterocycles. The third-order valence-electron chi connectivity index (χ3n) is 3.84. The molecule has 26 heavy (non-hydrogen) atoms. The Hall–Kier alpha value is -3.06. The molecule has 2 heterocycles. The molecule has 0 unspecified atom stereocenters. The molecule has 0 saturated carbocycles. The van der Waals surface area contributed by atoms with Gasteiger partial charge in [-0.15, -0.1) is 5.10 Å². The van der Waals surface area contributed by atoms with Crippen molar-refractivity contribution in [3.8, 4) is 11.5 Å². The Labute approximate surface area is 154 Å². The van der Waals surface area contributed by atoms with Gasteiger partial charge in [0.1, 0.15) is 13.2 Å². The van der Waals surface area contributed by atoms with Crippen LogP contribution in [0.15, 0.2) is 48.7 Å². The fourth-order valence-electron chi connectivity index (χ4n) is 2.60. The molecule has 0 spiro atoms. The molecule has 132 valence electrons. The van der Waals surface area contributed by atoms with E-state index >= 15 is 0 Å². The third-order valence-corrected chi connectivity index (χ3v) is 4.15. The molecule has 1 N–H and O–H groups in total. The van der Waals surface area contributed by atoms with E-state index in [0.29, 0.717) is 42.0 Å². The van der Waals surface area contributed by atoms with E-state index in [0.717, 1.165) is 5.56 Å². The largest absolute Gasteiger partial charge is 0.486 e. The summed E-state index contributed by atoms with van der Waals surface area (Å²) in [5.74, 6) is 0.708. The number of aromatic nitrogens is 3. The first-order chi connectivity index (χ1) is 12.7. The molecule has 1 aliphatic rings. The molecule has 0 bridgehead atoms. The topological polar surface area (TPSA) is 78.3 Å². The number of nitrogens with one attached hydrogen (secondary N) is 1. The second kappa shape index (κ2) is 7.05. The Balaban J connectivity index is 1.49. The van der Waals surface area contributed by atoms with E-state index in [2.05, 4.69) is 15.6 Å². The van der Waals surface area contributed by atoms with Gasteiger partial charge in [0.2, 0.25) is 0 Å². The highest BCUT2D eigenvalue weighted by Gasteiger charge is 2.18. The van der Waals surface area contributed by atoms with E-state index in [1.165, 1.54) is 0 Å². The highest BCUT2D eigenvalue weighted by molar-refractivity contribution is 6.34. The van der Waals surface area contributed by atoms with Crippen LogP contribution in [0.1, 0.15) is 16.1 Å². The fourth-order valence-corrected chi connectivity index (χ4v) is 2.80. The minimum Gasteiger partial charge on any atom is -0.486 e. The van der Waals surface area contributed by atoms with Crippen LogP contribution < -0.4 is 14.8 Å². The number of benzene rings is 2. The van der Waals surface area contributed by atoms with Crippen molar-refractivity contribution in [1.82, 2.24) is 15.0 Å². The maximum Gasteiger partial charge on any atom is 0.277 e. The molecule has 4 rings (SSSR count). The highest BCUT2D eigenvalue weighted by atomic mass is 35.5. The van der Waals surface area contributed by atoms with Crippen LogP contribution in [-0.4, -0.2) is 34.1 Å². The zero-order valence-corrected chi connectivity index (χ0v) is 14.4. The van der Waals surface area contributed by atoms with Crippen molar-refractivity contribution in [3.63, 3.8) is 0 Å². The number of ether oxygens (including phenoxy) is 2. The molecule has 0 atom stereocenters. The Morgan fingerprint density at radius 1 is 1.15 bits per heavy atom. The van der Waals surface area contributed by atoms with E-state index < -0.39 is 5.91 Å². The first-order valence-electron chi connectivity index (χ1n) is 8.03. The number of hydrogen-bond donors (Lipinski definition) is 1. The monoisotopic (exact) mass is 370 g/mol. The lowest BCUT2D eigenvalue weighted by Crippen LogP contribution is -2.17. The van der Waals surface area contributed by atoms with E-state index in [9.17, 15) is 4.79 Å². The standard InChI is InChI=1S/C18H15ClN4O3/c19-13-8-16-17(26-7-6-25-16)9-14(13)20-18(24)15-11-23(22-21-15)10-12-4-2-1-3-5-12/h1-5,8-9,11H,6-7,10H2,(H,20,24). The number of carbonyl (C=O) groups excluding carboxylic acids is 1. The summed E-state index contributed by atoms with van der Waals surface area (Å²) in [6.45, 7) is 1.46. The Kier molecular flexibility index (Phi) is 4.45. The quantitative estimate of drug-likeness (QED) is 0.763. The van der Waals surface area contributed by atoms with Crippen LogP contribution in [0, 0.1) is 0 Å². The predicted octanol–water partition coefficient (Wildman–Crippen LogP) is 3.00. The van der Waals surface area contributed by atoms with Crippen molar-refractivity contribution in [2.45, 2.75) is 6.54 Å². The van der Waals surface area contributed by atoms with Crippen molar-refractivity contribution in [1.29, 1.82) is 0 Å². The molecular weight excluding hydrogens is 356 g/mol. The Morgan fingerprint density at radius 2 is 1.88 bits per heavy atom. The molecule has 2 aromatic carbocycles. The average molecular weight is 371 g/mol. The lowest BCUT2D eigenvalue weighted by atomic mass is 10.2. The Bertz CT molecular complexity index is 943. The van der Waals surface area contributed by atoms with Crippen molar-refractivity contribution < 1.29 is 14.3 Å². The lowest BCUT2D eigenvalue weighted by Gasteiger charge is -2.19. The summed E-state index contributed by atoms with van der Waals surface area (Å²) in [4.78, 5) is 12.4.